The summed E-state index contributed by atoms with van der Waals surface area (Å²) in [7, 11) is 0. The third-order valence-corrected chi connectivity index (χ3v) is 3.23. The summed E-state index contributed by atoms with van der Waals surface area (Å²) in [6, 6.07) is 1.05. The summed E-state index contributed by atoms with van der Waals surface area (Å²) in [5.41, 5.74) is 1.21. The van der Waals surface area contributed by atoms with Crippen molar-refractivity contribution in [2.75, 3.05) is 0 Å². The number of pyridine rings is 1. The molecule has 2 aromatic rings. The molecule has 0 amide bonds. The van der Waals surface area contributed by atoms with E-state index in [4.69, 9.17) is 11.6 Å². The third-order valence-electron chi connectivity index (χ3n) is 3.02. The Morgan fingerprint density at radius 3 is 2.74 bits per heavy atom. The van der Waals surface area contributed by atoms with E-state index in [0.29, 0.717) is 22.6 Å². The summed E-state index contributed by atoms with van der Waals surface area (Å²) in [5.74, 6) is -0.0409. The van der Waals surface area contributed by atoms with Gasteiger partial charge in [0.25, 0.3) is 0 Å². The van der Waals surface area contributed by atoms with E-state index in [1.165, 1.54) is 6.20 Å². The molecule has 0 aromatic carbocycles. The second-order valence-corrected chi connectivity index (χ2v) is 5.19. The van der Waals surface area contributed by atoms with Crippen molar-refractivity contribution in [1.82, 2.24) is 14.5 Å². The van der Waals surface area contributed by atoms with E-state index in [0.717, 1.165) is 5.82 Å². The maximum atomic E-state index is 11.4. The van der Waals surface area contributed by atoms with E-state index in [2.05, 4.69) is 9.97 Å². The van der Waals surface area contributed by atoms with Crippen LogP contribution in [0.15, 0.2) is 12.3 Å². The Morgan fingerprint density at radius 2 is 2.21 bits per heavy atom. The monoisotopic (exact) mass is 281 g/mol. The quantitative estimate of drug-likeness (QED) is 0.934. The summed E-state index contributed by atoms with van der Waals surface area (Å²) in [4.78, 5) is 20.1. The second kappa shape index (κ2) is 5.17. The lowest BCUT2D eigenvalue weighted by Gasteiger charge is -2.17. The Labute approximate surface area is 116 Å². The molecule has 5 nitrogen and oxygen atoms in total. The average Bonchev–Trinajstić information content (AvgIpc) is 2.68. The number of nitrogens with zero attached hydrogens (tertiary/aromatic N) is 3. The van der Waals surface area contributed by atoms with Gasteiger partial charge >= 0.3 is 5.97 Å². The fraction of sp³-hybridized carbons (Fsp3) is 0.462. The van der Waals surface area contributed by atoms with Crippen LogP contribution in [0, 0.1) is 0 Å². The van der Waals surface area contributed by atoms with Crippen LogP contribution in [0.2, 0.25) is 5.02 Å². The zero-order valence-corrected chi connectivity index (χ0v) is 11.8. The molecule has 102 valence electrons. The van der Waals surface area contributed by atoms with Crippen LogP contribution >= 0.6 is 11.6 Å². The van der Waals surface area contributed by atoms with Crippen LogP contribution in [0.1, 0.15) is 45.0 Å². The summed E-state index contributed by atoms with van der Waals surface area (Å²) in [5, 5.41) is 9.86. The summed E-state index contributed by atoms with van der Waals surface area (Å²) in [6.07, 6.45) is 1.99. The summed E-state index contributed by atoms with van der Waals surface area (Å²) >= 11 is 5.91. The molecule has 1 unspecified atom stereocenters. The first-order chi connectivity index (χ1) is 8.95. The highest BCUT2D eigenvalue weighted by Gasteiger charge is 2.25. The minimum absolute atomic E-state index is 0.112. The lowest BCUT2D eigenvalue weighted by atomic mass is 10.1. The average molecular weight is 282 g/mol. The van der Waals surface area contributed by atoms with Crippen LogP contribution < -0.4 is 0 Å². The Morgan fingerprint density at radius 1 is 1.53 bits per heavy atom. The SMILES string of the molecule is CCC(C(=O)O)n1c(C(C)C)nc2cc(Cl)cnc21. The van der Waals surface area contributed by atoms with Crippen LogP contribution in [-0.4, -0.2) is 25.6 Å². The number of fused-ring (bicyclic) bond motifs is 1. The predicted molar refractivity (Wildman–Crippen MR) is 73.6 cm³/mol. The summed E-state index contributed by atoms with van der Waals surface area (Å²) < 4.78 is 1.71. The zero-order chi connectivity index (χ0) is 14.2. The van der Waals surface area contributed by atoms with Gasteiger partial charge in [-0.3, -0.25) is 4.57 Å². The number of hydrogen-bond acceptors (Lipinski definition) is 3. The van der Waals surface area contributed by atoms with Gasteiger partial charge in [-0.2, -0.15) is 0 Å². The molecule has 0 bridgehead atoms. The molecule has 0 spiro atoms. The highest BCUT2D eigenvalue weighted by atomic mass is 35.5. The van der Waals surface area contributed by atoms with Crippen molar-refractivity contribution in [2.24, 2.45) is 0 Å². The first kappa shape index (κ1) is 13.8. The van der Waals surface area contributed by atoms with Crippen molar-refractivity contribution in [3.05, 3.63) is 23.1 Å². The van der Waals surface area contributed by atoms with Gasteiger partial charge in [0, 0.05) is 12.1 Å². The van der Waals surface area contributed by atoms with Gasteiger partial charge in [0.2, 0.25) is 0 Å². The highest BCUT2D eigenvalue weighted by molar-refractivity contribution is 6.31. The predicted octanol–water partition coefficient (Wildman–Crippen LogP) is 3.24. The molecule has 0 fully saturated rings. The van der Waals surface area contributed by atoms with E-state index in [1.54, 1.807) is 10.6 Å². The van der Waals surface area contributed by atoms with Crippen LogP contribution in [0.4, 0.5) is 0 Å². The van der Waals surface area contributed by atoms with E-state index >= 15 is 0 Å². The molecule has 0 saturated carbocycles. The molecule has 0 aliphatic carbocycles. The molecule has 1 N–H and O–H groups in total. The molecule has 0 radical (unpaired) electrons. The van der Waals surface area contributed by atoms with Gasteiger partial charge < -0.3 is 5.11 Å². The standard InChI is InChI=1S/C13H16ClN3O2/c1-4-10(13(18)19)17-11(7(2)3)16-9-5-8(14)6-15-12(9)17/h5-7,10H,4H2,1-3H3,(H,18,19). The number of rotatable bonds is 4. The minimum Gasteiger partial charge on any atom is -0.480 e. The van der Waals surface area contributed by atoms with E-state index in [-0.39, 0.29) is 5.92 Å². The molecule has 19 heavy (non-hydrogen) atoms. The minimum atomic E-state index is -0.875. The number of halogens is 1. The second-order valence-electron chi connectivity index (χ2n) is 4.75. The van der Waals surface area contributed by atoms with Crippen molar-refractivity contribution >= 4 is 28.7 Å². The van der Waals surface area contributed by atoms with Crippen molar-refractivity contribution in [3.8, 4) is 0 Å². The first-order valence-corrected chi connectivity index (χ1v) is 6.59. The van der Waals surface area contributed by atoms with E-state index < -0.39 is 12.0 Å². The fourth-order valence-electron chi connectivity index (χ4n) is 2.16. The molecule has 2 aromatic heterocycles. The largest absolute Gasteiger partial charge is 0.480 e. The Hall–Kier alpha value is -1.62. The van der Waals surface area contributed by atoms with Gasteiger partial charge in [-0.15, -0.1) is 0 Å². The van der Waals surface area contributed by atoms with Crippen LogP contribution in [0.25, 0.3) is 11.2 Å². The number of carboxylic acids is 1. The molecule has 2 heterocycles. The van der Waals surface area contributed by atoms with E-state index in [9.17, 15) is 9.90 Å². The van der Waals surface area contributed by atoms with Crippen molar-refractivity contribution < 1.29 is 9.90 Å². The maximum absolute atomic E-state index is 11.4. The van der Waals surface area contributed by atoms with Gasteiger partial charge in [-0.1, -0.05) is 32.4 Å². The first-order valence-electron chi connectivity index (χ1n) is 6.21. The van der Waals surface area contributed by atoms with Crippen molar-refractivity contribution in [2.45, 2.75) is 39.2 Å². The molecule has 0 aliphatic rings. The zero-order valence-electron chi connectivity index (χ0n) is 11.1. The van der Waals surface area contributed by atoms with Crippen molar-refractivity contribution in [1.29, 1.82) is 0 Å². The Kier molecular flexibility index (Phi) is 3.75. The lowest BCUT2D eigenvalue weighted by Crippen LogP contribution is -2.21. The van der Waals surface area contributed by atoms with Gasteiger partial charge in [-0.25, -0.2) is 14.8 Å². The Balaban J connectivity index is 2.74. The number of aliphatic carboxylic acids is 1. The van der Waals surface area contributed by atoms with Crippen LogP contribution in [-0.2, 0) is 4.79 Å². The lowest BCUT2D eigenvalue weighted by molar-refractivity contribution is -0.141. The molecule has 6 heteroatoms. The molecule has 2 rings (SSSR count). The third kappa shape index (κ3) is 2.42. The molecular formula is C13H16ClN3O2. The normalized spacial score (nSPS) is 13.1. The topological polar surface area (TPSA) is 68.0 Å². The van der Waals surface area contributed by atoms with Crippen LogP contribution in [0.3, 0.4) is 0 Å². The fourth-order valence-corrected chi connectivity index (χ4v) is 2.31. The summed E-state index contributed by atoms with van der Waals surface area (Å²) in [6.45, 7) is 5.80. The molecule has 0 saturated heterocycles. The van der Waals surface area contributed by atoms with Crippen LogP contribution in [0.5, 0.6) is 0 Å². The number of imidazole rings is 1. The highest BCUT2D eigenvalue weighted by Crippen LogP contribution is 2.27. The molecule has 1 atom stereocenters. The number of carboxylic acid groups (broad SMARTS) is 1. The van der Waals surface area contributed by atoms with Gasteiger partial charge in [0.05, 0.1) is 5.02 Å². The van der Waals surface area contributed by atoms with Crippen molar-refractivity contribution in [3.63, 3.8) is 0 Å². The van der Waals surface area contributed by atoms with Gasteiger partial charge in [0.15, 0.2) is 5.65 Å². The number of carbonyl (C=O) groups is 1. The number of hydrogen-bond donors (Lipinski definition) is 1. The Bertz CT molecular complexity index is 622. The maximum Gasteiger partial charge on any atom is 0.326 e. The number of aromatic nitrogens is 3. The van der Waals surface area contributed by atoms with Gasteiger partial charge in [-0.05, 0) is 12.5 Å². The van der Waals surface area contributed by atoms with E-state index in [1.807, 2.05) is 20.8 Å². The smallest absolute Gasteiger partial charge is 0.326 e. The van der Waals surface area contributed by atoms with Gasteiger partial charge in [0.1, 0.15) is 17.4 Å². The molecule has 0 aliphatic heterocycles. The molecular weight excluding hydrogens is 266 g/mol.